The van der Waals surface area contributed by atoms with Crippen molar-refractivity contribution >= 4 is 40.5 Å². The highest BCUT2D eigenvalue weighted by Crippen LogP contribution is 2.31. The zero-order valence-electron chi connectivity index (χ0n) is 16.2. The predicted octanol–water partition coefficient (Wildman–Crippen LogP) is 2.78. The minimum Gasteiger partial charge on any atom is -0.451 e. The lowest BCUT2D eigenvalue weighted by molar-refractivity contribution is -0.138. The number of aromatic nitrogens is 2. The van der Waals surface area contributed by atoms with Crippen LogP contribution in [0, 0.1) is 0 Å². The SMILES string of the molecule is O=C(NCCCN1C(=O)CCC1=O)c1oc2ccccc2c1CSc1ncccn1. The quantitative estimate of drug-likeness (QED) is 0.256. The Labute approximate surface area is 177 Å². The number of furan rings is 1. The molecule has 1 saturated heterocycles. The van der Waals surface area contributed by atoms with E-state index in [0.29, 0.717) is 36.0 Å². The average Bonchev–Trinajstić information content (AvgIpc) is 3.30. The molecule has 0 spiro atoms. The van der Waals surface area contributed by atoms with E-state index in [4.69, 9.17) is 4.42 Å². The molecule has 1 fully saturated rings. The number of likely N-dealkylation sites (tertiary alicyclic amines) is 1. The van der Waals surface area contributed by atoms with Crippen molar-refractivity contribution in [1.29, 1.82) is 0 Å². The molecular weight excluding hydrogens is 404 g/mol. The van der Waals surface area contributed by atoms with Crippen molar-refractivity contribution in [1.82, 2.24) is 20.2 Å². The predicted molar refractivity (Wildman–Crippen MR) is 111 cm³/mol. The Kier molecular flexibility index (Phi) is 6.08. The second kappa shape index (κ2) is 9.08. The molecule has 0 atom stereocenters. The summed E-state index contributed by atoms with van der Waals surface area (Å²) in [6, 6.07) is 9.25. The van der Waals surface area contributed by atoms with E-state index in [1.54, 1.807) is 18.5 Å². The van der Waals surface area contributed by atoms with Crippen LogP contribution in [-0.2, 0) is 15.3 Å². The first-order chi connectivity index (χ1) is 14.6. The largest absolute Gasteiger partial charge is 0.451 e. The number of hydrogen-bond acceptors (Lipinski definition) is 7. The zero-order valence-corrected chi connectivity index (χ0v) is 17.0. The standard InChI is InChI=1S/C21H20N4O4S/c26-17-7-8-18(27)25(17)12-4-11-22-20(28)19-15(13-30-21-23-9-3-10-24-21)14-5-1-2-6-16(14)29-19/h1-3,5-6,9-10H,4,7-8,11-13H2,(H,22,28). The van der Waals surface area contributed by atoms with E-state index >= 15 is 0 Å². The van der Waals surface area contributed by atoms with Crippen molar-refractivity contribution in [3.8, 4) is 0 Å². The first kappa shape index (κ1) is 20.1. The second-order valence-electron chi connectivity index (χ2n) is 6.77. The Morgan fingerprint density at radius 1 is 1.10 bits per heavy atom. The Bertz CT molecular complexity index is 1070. The Morgan fingerprint density at radius 3 is 2.60 bits per heavy atom. The van der Waals surface area contributed by atoms with Gasteiger partial charge in [-0.3, -0.25) is 19.3 Å². The van der Waals surface area contributed by atoms with Gasteiger partial charge in [0.15, 0.2) is 10.9 Å². The summed E-state index contributed by atoms with van der Waals surface area (Å²) >= 11 is 1.43. The highest BCUT2D eigenvalue weighted by molar-refractivity contribution is 7.98. The van der Waals surface area contributed by atoms with Crippen LogP contribution in [0.2, 0.25) is 0 Å². The molecule has 0 radical (unpaired) electrons. The lowest BCUT2D eigenvalue weighted by Crippen LogP contribution is -2.33. The van der Waals surface area contributed by atoms with E-state index < -0.39 is 0 Å². The molecule has 1 N–H and O–H groups in total. The minimum absolute atomic E-state index is 0.147. The van der Waals surface area contributed by atoms with Gasteiger partial charge in [-0.1, -0.05) is 30.0 Å². The number of thioether (sulfide) groups is 1. The van der Waals surface area contributed by atoms with Gasteiger partial charge in [0.05, 0.1) is 0 Å². The average molecular weight is 424 g/mol. The molecule has 3 heterocycles. The van der Waals surface area contributed by atoms with E-state index in [0.717, 1.165) is 10.9 Å². The summed E-state index contributed by atoms with van der Waals surface area (Å²) in [5.41, 5.74) is 1.42. The smallest absolute Gasteiger partial charge is 0.287 e. The van der Waals surface area contributed by atoms with Gasteiger partial charge in [-0.05, 0) is 18.6 Å². The summed E-state index contributed by atoms with van der Waals surface area (Å²) in [5, 5.41) is 4.32. The van der Waals surface area contributed by atoms with Gasteiger partial charge < -0.3 is 9.73 Å². The van der Waals surface area contributed by atoms with E-state index in [9.17, 15) is 14.4 Å². The molecule has 3 aromatic rings. The lowest BCUT2D eigenvalue weighted by atomic mass is 10.1. The molecule has 2 aromatic heterocycles. The monoisotopic (exact) mass is 424 g/mol. The maximum Gasteiger partial charge on any atom is 0.287 e. The number of benzene rings is 1. The number of hydrogen-bond donors (Lipinski definition) is 1. The molecule has 1 aromatic carbocycles. The molecule has 1 aliphatic rings. The van der Waals surface area contributed by atoms with Gasteiger partial charge in [0.25, 0.3) is 5.91 Å². The number of carbonyl (C=O) groups is 3. The maximum absolute atomic E-state index is 12.8. The van der Waals surface area contributed by atoms with Crippen LogP contribution in [0.25, 0.3) is 11.0 Å². The lowest BCUT2D eigenvalue weighted by Gasteiger charge is -2.13. The van der Waals surface area contributed by atoms with Crippen LogP contribution in [0.5, 0.6) is 0 Å². The van der Waals surface area contributed by atoms with Crippen molar-refractivity contribution in [2.45, 2.75) is 30.2 Å². The third kappa shape index (κ3) is 4.35. The number of rotatable bonds is 8. The van der Waals surface area contributed by atoms with Gasteiger partial charge in [-0.25, -0.2) is 9.97 Å². The fraction of sp³-hybridized carbons (Fsp3) is 0.286. The maximum atomic E-state index is 12.8. The number of imide groups is 1. The third-order valence-electron chi connectivity index (χ3n) is 4.79. The molecule has 0 aliphatic carbocycles. The van der Waals surface area contributed by atoms with Crippen LogP contribution in [0.4, 0.5) is 0 Å². The highest BCUT2D eigenvalue weighted by atomic mass is 32.2. The van der Waals surface area contributed by atoms with Gasteiger partial charge >= 0.3 is 0 Å². The molecule has 9 heteroatoms. The molecule has 4 rings (SSSR count). The topological polar surface area (TPSA) is 105 Å². The molecule has 3 amide bonds. The summed E-state index contributed by atoms with van der Waals surface area (Å²) in [6.07, 6.45) is 4.39. The number of fused-ring (bicyclic) bond motifs is 1. The molecule has 154 valence electrons. The first-order valence-corrected chi connectivity index (χ1v) is 10.6. The van der Waals surface area contributed by atoms with Gasteiger partial charge in [-0.15, -0.1) is 0 Å². The molecular formula is C21H20N4O4S. The minimum atomic E-state index is -0.324. The zero-order chi connectivity index (χ0) is 20.9. The van der Waals surface area contributed by atoms with Crippen LogP contribution >= 0.6 is 11.8 Å². The number of carbonyl (C=O) groups excluding carboxylic acids is 3. The fourth-order valence-electron chi connectivity index (χ4n) is 3.31. The van der Waals surface area contributed by atoms with Crippen molar-refractivity contribution in [2.75, 3.05) is 13.1 Å². The van der Waals surface area contributed by atoms with E-state index in [1.165, 1.54) is 16.7 Å². The summed E-state index contributed by atoms with van der Waals surface area (Å²) in [6.45, 7) is 0.646. The van der Waals surface area contributed by atoms with Crippen LogP contribution in [0.3, 0.4) is 0 Å². The number of amides is 3. The van der Waals surface area contributed by atoms with E-state index in [2.05, 4.69) is 15.3 Å². The van der Waals surface area contributed by atoms with Crippen molar-refractivity contribution in [3.63, 3.8) is 0 Å². The summed E-state index contributed by atoms with van der Waals surface area (Å²) in [7, 11) is 0. The van der Waals surface area contributed by atoms with E-state index in [1.807, 2.05) is 24.3 Å². The number of nitrogens with zero attached hydrogens (tertiary/aromatic N) is 3. The van der Waals surface area contributed by atoms with Crippen LogP contribution < -0.4 is 5.32 Å². The molecule has 0 unspecified atom stereocenters. The van der Waals surface area contributed by atoms with Crippen molar-refractivity contribution in [3.05, 3.63) is 54.0 Å². The first-order valence-electron chi connectivity index (χ1n) is 9.65. The Hall–Kier alpha value is -3.20. The molecule has 0 saturated carbocycles. The normalized spacial score (nSPS) is 13.9. The third-order valence-corrected chi connectivity index (χ3v) is 5.69. The Balaban J connectivity index is 1.42. The van der Waals surface area contributed by atoms with Crippen LogP contribution in [-0.4, -0.2) is 45.7 Å². The van der Waals surface area contributed by atoms with Gasteiger partial charge in [-0.2, -0.15) is 0 Å². The van der Waals surface area contributed by atoms with Crippen molar-refractivity contribution in [2.24, 2.45) is 0 Å². The summed E-state index contributed by atoms with van der Waals surface area (Å²) in [4.78, 5) is 45.8. The van der Waals surface area contributed by atoms with Gasteiger partial charge in [0.1, 0.15) is 5.58 Å². The fourth-order valence-corrected chi connectivity index (χ4v) is 4.14. The summed E-state index contributed by atoms with van der Waals surface area (Å²) in [5.74, 6) is 0.125. The highest BCUT2D eigenvalue weighted by Gasteiger charge is 2.28. The van der Waals surface area contributed by atoms with E-state index in [-0.39, 0.29) is 36.3 Å². The molecule has 8 nitrogen and oxygen atoms in total. The van der Waals surface area contributed by atoms with Gasteiger partial charge in [0.2, 0.25) is 11.8 Å². The molecule has 0 bridgehead atoms. The molecule has 1 aliphatic heterocycles. The summed E-state index contributed by atoms with van der Waals surface area (Å²) < 4.78 is 5.83. The van der Waals surface area contributed by atoms with Crippen LogP contribution in [0.1, 0.15) is 35.4 Å². The number of para-hydroxylation sites is 1. The van der Waals surface area contributed by atoms with Crippen LogP contribution in [0.15, 0.2) is 52.3 Å². The second-order valence-corrected chi connectivity index (χ2v) is 7.72. The Morgan fingerprint density at radius 2 is 1.83 bits per heavy atom. The number of nitrogens with one attached hydrogen (secondary N) is 1. The van der Waals surface area contributed by atoms with Crippen molar-refractivity contribution < 1.29 is 18.8 Å². The molecule has 30 heavy (non-hydrogen) atoms. The van der Waals surface area contributed by atoms with Gasteiger partial charge in [0, 0.05) is 55.0 Å².